The number of hydrogen-bond acceptors (Lipinski definition) is 7. The highest BCUT2D eigenvalue weighted by atomic mass is 16.6. The molecule has 0 aliphatic carbocycles. The lowest BCUT2D eigenvalue weighted by Crippen LogP contribution is -2.56. The SMILES string of the molecule is C=CCCC(=O)N(C)[C@@H](C)[C@@H](OC(=O)[C@@H]1[C@H]2C(=O)N(CCCCO)[C@H](C(=O)N(CC=C)CCCC)[C@]23CC[C@H]1O3)c1ccccc1. The van der Waals surface area contributed by atoms with Crippen LogP contribution in [0.2, 0.25) is 0 Å². The summed E-state index contributed by atoms with van der Waals surface area (Å²) >= 11 is 0. The number of likely N-dealkylation sites (tertiary alicyclic amines) is 1. The number of allylic oxidation sites excluding steroid dienone is 1. The summed E-state index contributed by atoms with van der Waals surface area (Å²) in [6.45, 7) is 12.6. The molecule has 10 heteroatoms. The van der Waals surface area contributed by atoms with E-state index in [1.165, 1.54) is 0 Å². The van der Waals surface area contributed by atoms with Crippen molar-refractivity contribution >= 4 is 23.7 Å². The smallest absolute Gasteiger partial charge is 0.313 e. The number of benzene rings is 1. The first-order valence-corrected chi connectivity index (χ1v) is 16.8. The van der Waals surface area contributed by atoms with Crippen LogP contribution >= 0.6 is 0 Å². The highest BCUT2D eigenvalue weighted by molar-refractivity contribution is 5.98. The molecule has 1 N–H and O–H groups in total. The second-order valence-electron chi connectivity index (χ2n) is 12.8. The number of esters is 1. The number of aliphatic hydroxyl groups is 1. The van der Waals surface area contributed by atoms with E-state index < -0.39 is 47.7 Å². The fraction of sp³-hybridized carbons (Fsp3) is 0.611. The summed E-state index contributed by atoms with van der Waals surface area (Å²) in [5.74, 6) is -2.88. The van der Waals surface area contributed by atoms with Gasteiger partial charge in [-0.3, -0.25) is 19.2 Å². The van der Waals surface area contributed by atoms with Gasteiger partial charge in [0.15, 0.2) is 0 Å². The van der Waals surface area contributed by atoms with Crippen molar-refractivity contribution in [2.75, 3.05) is 33.3 Å². The lowest BCUT2D eigenvalue weighted by Gasteiger charge is -2.37. The summed E-state index contributed by atoms with van der Waals surface area (Å²) in [6.07, 6.45) is 6.60. The highest BCUT2D eigenvalue weighted by Crippen LogP contribution is 2.59. The third-order valence-electron chi connectivity index (χ3n) is 9.93. The van der Waals surface area contributed by atoms with Crippen LogP contribution in [0.1, 0.15) is 76.9 Å². The molecule has 0 aromatic heterocycles. The fourth-order valence-electron chi connectivity index (χ4n) is 7.43. The zero-order valence-corrected chi connectivity index (χ0v) is 27.6. The van der Waals surface area contributed by atoms with E-state index in [1.54, 1.807) is 33.9 Å². The van der Waals surface area contributed by atoms with Crippen LogP contribution in [0.5, 0.6) is 0 Å². The Balaban J connectivity index is 1.66. The Bertz CT molecular complexity index is 1260. The molecular weight excluding hydrogens is 586 g/mol. The number of amides is 3. The van der Waals surface area contributed by atoms with E-state index in [4.69, 9.17) is 9.47 Å². The first kappa shape index (κ1) is 35.4. The number of hydrogen-bond donors (Lipinski definition) is 1. The molecule has 3 amide bonds. The Morgan fingerprint density at radius 3 is 2.57 bits per heavy atom. The third kappa shape index (κ3) is 6.93. The minimum atomic E-state index is -1.14. The molecule has 10 nitrogen and oxygen atoms in total. The molecule has 7 atom stereocenters. The van der Waals surface area contributed by atoms with Crippen molar-refractivity contribution in [2.45, 2.75) is 95.1 Å². The Kier molecular flexibility index (Phi) is 12.2. The molecule has 2 bridgehead atoms. The average Bonchev–Trinajstić information content (AvgIpc) is 3.71. The molecular formula is C36H51N3O7. The maximum absolute atomic E-state index is 14.3. The van der Waals surface area contributed by atoms with Gasteiger partial charge in [-0.25, -0.2) is 0 Å². The van der Waals surface area contributed by atoms with Gasteiger partial charge in [0.2, 0.25) is 17.7 Å². The topological polar surface area (TPSA) is 117 Å². The molecule has 1 aromatic carbocycles. The number of rotatable bonds is 18. The molecule has 3 fully saturated rings. The number of carbonyl (C=O) groups excluding carboxylic acids is 4. The lowest BCUT2D eigenvalue weighted by atomic mass is 9.70. The molecule has 0 unspecified atom stereocenters. The van der Waals surface area contributed by atoms with Crippen LogP contribution < -0.4 is 0 Å². The van der Waals surface area contributed by atoms with Crippen molar-refractivity contribution in [3.05, 3.63) is 61.2 Å². The van der Waals surface area contributed by atoms with E-state index in [2.05, 4.69) is 20.1 Å². The first-order chi connectivity index (χ1) is 22.2. The number of likely N-dealkylation sites (N-methyl/N-ethyl adjacent to an activating group) is 1. The minimum absolute atomic E-state index is 0.0224. The Hall–Kier alpha value is -3.50. The molecule has 46 heavy (non-hydrogen) atoms. The van der Waals surface area contributed by atoms with E-state index in [9.17, 15) is 24.3 Å². The first-order valence-electron chi connectivity index (χ1n) is 16.8. The Morgan fingerprint density at radius 2 is 1.91 bits per heavy atom. The minimum Gasteiger partial charge on any atom is -0.455 e. The molecule has 0 saturated carbocycles. The van der Waals surface area contributed by atoms with Crippen molar-refractivity contribution in [1.82, 2.24) is 14.7 Å². The van der Waals surface area contributed by atoms with Crippen LogP contribution in [0.3, 0.4) is 0 Å². The monoisotopic (exact) mass is 637 g/mol. The molecule has 252 valence electrons. The number of ether oxygens (including phenoxy) is 2. The summed E-state index contributed by atoms with van der Waals surface area (Å²) in [6, 6.07) is 7.93. The zero-order chi connectivity index (χ0) is 33.4. The van der Waals surface area contributed by atoms with E-state index in [1.807, 2.05) is 37.3 Å². The summed E-state index contributed by atoms with van der Waals surface area (Å²) in [5, 5.41) is 9.45. The Morgan fingerprint density at radius 1 is 1.17 bits per heavy atom. The molecule has 1 aromatic rings. The van der Waals surface area contributed by atoms with Crippen LogP contribution in [0.4, 0.5) is 0 Å². The van der Waals surface area contributed by atoms with Gasteiger partial charge in [0.25, 0.3) is 0 Å². The van der Waals surface area contributed by atoms with Gasteiger partial charge in [0.1, 0.15) is 17.7 Å². The Labute approximate surface area is 273 Å². The van der Waals surface area contributed by atoms with Gasteiger partial charge in [-0.05, 0) is 51.0 Å². The van der Waals surface area contributed by atoms with Crippen LogP contribution in [0, 0.1) is 11.8 Å². The van der Waals surface area contributed by atoms with E-state index >= 15 is 0 Å². The van der Waals surface area contributed by atoms with Gasteiger partial charge >= 0.3 is 5.97 Å². The van der Waals surface area contributed by atoms with Crippen LogP contribution in [-0.4, -0.2) is 101 Å². The predicted octanol–water partition coefficient (Wildman–Crippen LogP) is 4.05. The predicted molar refractivity (Wildman–Crippen MR) is 174 cm³/mol. The average molecular weight is 638 g/mol. The van der Waals surface area contributed by atoms with Crippen molar-refractivity contribution in [3.63, 3.8) is 0 Å². The number of fused-ring (bicyclic) bond motifs is 1. The van der Waals surface area contributed by atoms with E-state index in [0.29, 0.717) is 51.6 Å². The van der Waals surface area contributed by atoms with Crippen molar-refractivity contribution in [2.24, 2.45) is 11.8 Å². The van der Waals surface area contributed by atoms with Crippen molar-refractivity contribution in [3.8, 4) is 0 Å². The van der Waals surface area contributed by atoms with Crippen LogP contribution in [-0.2, 0) is 28.7 Å². The summed E-state index contributed by atoms with van der Waals surface area (Å²) in [4.78, 5) is 60.7. The third-order valence-corrected chi connectivity index (χ3v) is 9.93. The van der Waals surface area contributed by atoms with E-state index in [-0.39, 0.29) is 30.9 Å². The van der Waals surface area contributed by atoms with Crippen molar-refractivity contribution < 1.29 is 33.8 Å². The molecule has 0 radical (unpaired) electrons. The van der Waals surface area contributed by atoms with Gasteiger partial charge in [-0.15, -0.1) is 13.2 Å². The van der Waals surface area contributed by atoms with Gasteiger partial charge in [-0.1, -0.05) is 55.8 Å². The maximum Gasteiger partial charge on any atom is 0.313 e. The summed E-state index contributed by atoms with van der Waals surface area (Å²) in [7, 11) is 1.70. The maximum atomic E-state index is 14.3. The second kappa shape index (κ2) is 15.9. The van der Waals surface area contributed by atoms with Gasteiger partial charge in [0, 0.05) is 39.7 Å². The number of carbonyl (C=O) groups is 4. The fourth-order valence-corrected chi connectivity index (χ4v) is 7.43. The molecule has 1 spiro atoms. The zero-order valence-electron chi connectivity index (χ0n) is 27.6. The molecule has 3 heterocycles. The van der Waals surface area contributed by atoms with Gasteiger partial charge < -0.3 is 29.3 Å². The molecule has 4 rings (SSSR count). The summed E-state index contributed by atoms with van der Waals surface area (Å²) in [5.41, 5.74) is -0.406. The standard InChI is InChI=1S/C36H51N3O7/c1-6-9-18-28(41)37(5)25(4)31(26-16-12-11-13-17-26)45-35(44)29-27-19-20-36(46-27)30(29)33(42)39(23-14-15-24-40)32(36)34(43)38(21-8-3)22-10-7-2/h6,8,11-13,16-17,25,27,29-32,40H,1,3,7,9-10,14-15,18-24H2,2,4-5H3/t25-,27+,29-,30-,31+,32+,36-/m0/s1. The second-order valence-corrected chi connectivity index (χ2v) is 12.8. The quantitative estimate of drug-likeness (QED) is 0.147. The molecule has 3 saturated heterocycles. The van der Waals surface area contributed by atoms with E-state index in [0.717, 1.165) is 18.4 Å². The largest absolute Gasteiger partial charge is 0.455 e. The number of nitrogens with zero attached hydrogens (tertiary/aromatic N) is 3. The summed E-state index contributed by atoms with van der Waals surface area (Å²) < 4.78 is 12.9. The number of unbranched alkanes of at least 4 members (excludes halogenated alkanes) is 2. The normalized spacial score (nSPS) is 25.9. The number of aliphatic hydroxyl groups excluding tert-OH is 1. The lowest BCUT2D eigenvalue weighted by molar-refractivity contribution is -0.164. The molecule has 3 aliphatic rings. The van der Waals surface area contributed by atoms with Gasteiger partial charge in [-0.2, -0.15) is 0 Å². The van der Waals surface area contributed by atoms with Gasteiger partial charge in [0.05, 0.1) is 24.0 Å². The highest BCUT2D eigenvalue weighted by Gasteiger charge is 2.75. The van der Waals surface area contributed by atoms with Crippen LogP contribution in [0.25, 0.3) is 0 Å². The molecule has 3 aliphatic heterocycles. The van der Waals surface area contributed by atoms with Crippen LogP contribution in [0.15, 0.2) is 55.6 Å². The van der Waals surface area contributed by atoms with Crippen molar-refractivity contribution in [1.29, 1.82) is 0 Å².